The van der Waals surface area contributed by atoms with Crippen molar-refractivity contribution < 1.29 is 24.5 Å². The number of rotatable bonds is 4. The van der Waals surface area contributed by atoms with Gasteiger partial charge in [0.15, 0.2) is 11.6 Å². The number of hydrogen-bond donors (Lipinski definition) is 2. The lowest BCUT2D eigenvalue weighted by Crippen LogP contribution is -2.16. The van der Waals surface area contributed by atoms with E-state index < -0.39 is 11.6 Å². The molecule has 1 aliphatic rings. The van der Waals surface area contributed by atoms with Gasteiger partial charge in [0.2, 0.25) is 0 Å². The molecule has 1 aliphatic carbocycles. The molecule has 0 fully saturated rings. The largest absolute Gasteiger partial charge is 0.507 e. The Morgan fingerprint density at radius 3 is 2.36 bits per heavy atom. The van der Waals surface area contributed by atoms with Crippen LogP contribution in [0.1, 0.15) is 41.0 Å². The highest BCUT2D eigenvalue weighted by Crippen LogP contribution is 2.42. The van der Waals surface area contributed by atoms with Gasteiger partial charge in [-0.1, -0.05) is 19.1 Å². The summed E-state index contributed by atoms with van der Waals surface area (Å²) in [7, 11) is 0. The molecule has 0 unspecified atom stereocenters. The lowest BCUT2D eigenvalue weighted by atomic mass is 9.86. The molecule has 0 aliphatic heterocycles. The molecule has 0 atom stereocenters. The highest BCUT2D eigenvalue weighted by atomic mass is 16.5. The fraction of sp³-hybridized carbons (Fsp3) is 0.200. The maximum Gasteiger partial charge on any atom is 0.193 e. The average Bonchev–Trinajstić information content (AvgIpc) is 2.60. The molecule has 3 rings (SSSR count). The Bertz CT molecular complexity index is 891. The maximum absolute atomic E-state index is 12.3. The van der Waals surface area contributed by atoms with Crippen LogP contribution in [-0.4, -0.2) is 28.4 Å². The lowest BCUT2D eigenvalue weighted by molar-refractivity contribution is 0.0979. The Kier molecular flexibility index (Phi) is 4.31. The van der Waals surface area contributed by atoms with Gasteiger partial charge in [0.1, 0.15) is 17.2 Å². The van der Waals surface area contributed by atoms with Gasteiger partial charge in [0.25, 0.3) is 0 Å². The standard InChI is InChI=1S/C20H18O5/c1-3-8-25-13-6-4-12(5-7-13)14-10-16(22)17-18(20(14)24)15(21)9-11(2)19(17)23/h4-7,9-10,22,24H,3,8H2,1-2H3. The first-order valence-corrected chi connectivity index (χ1v) is 8.03. The minimum atomic E-state index is -0.496. The zero-order chi connectivity index (χ0) is 18.1. The normalized spacial score (nSPS) is 13.4. The molecule has 2 N–H and O–H groups in total. The van der Waals surface area contributed by atoms with Crippen molar-refractivity contribution in [1.82, 2.24) is 0 Å². The molecular formula is C20H18O5. The van der Waals surface area contributed by atoms with E-state index in [9.17, 15) is 19.8 Å². The second-order valence-corrected chi connectivity index (χ2v) is 5.94. The molecule has 0 heterocycles. The van der Waals surface area contributed by atoms with Crippen molar-refractivity contribution >= 4 is 11.6 Å². The van der Waals surface area contributed by atoms with Gasteiger partial charge in [-0.05, 0) is 43.2 Å². The summed E-state index contributed by atoms with van der Waals surface area (Å²) in [6.45, 7) is 4.12. The van der Waals surface area contributed by atoms with Gasteiger partial charge >= 0.3 is 0 Å². The first-order chi connectivity index (χ1) is 11.9. The quantitative estimate of drug-likeness (QED) is 0.827. The van der Waals surface area contributed by atoms with Crippen LogP contribution in [0.15, 0.2) is 42.0 Å². The van der Waals surface area contributed by atoms with Crippen molar-refractivity contribution in [3.8, 4) is 28.4 Å². The van der Waals surface area contributed by atoms with Crippen molar-refractivity contribution in [3.05, 3.63) is 53.1 Å². The van der Waals surface area contributed by atoms with Gasteiger partial charge in [-0.15, -0.1) is 0 Å². The SMILES string of the molecule is CCCOc1ccc(-c2cc(O)c3c(c2O)C(=O)C=C(C)C3=O)cc1. The van der Waals surface area contributed by atoms with Gasteiger partial charge in [0.05, 0.1) is 17.7 Å². The molecule has 0 saturated heterocycles. The number of phenolic OH excluding ortho intramolecular Hbond substituents is 2. The average molecular weight is 338 g/mol. The van der Waals surface area contributed by atoms with Gasteiger partial charge in [-0.3, -0.25) is 9.59 Å². The highest BCUT2D eigenvalue weighted by Gasteiger charge is 2.31. The third-order valence-electron chi connectivity index (χ3n) is 4.10. The topological polar surface area (TPSA) is 83.8 Å². The summed E-state index contributed by atoms with van der Waals surface area (Å²) in [5, 5.41) is 20.8. The molecule has 0 bridgehead atoms. The Morgan fingerprint density at radius 1 is 1.04 bits per heavy atom. The number of ether oxygens (including phenoxy) is 1. The summed E-state index contributed by atoms with van der Waals surface area (Å²) >= 11 is 0. The lowest BCUT2D eigenvalue weighted by Gasteiger charge is -2.18. The number of phenols is 2. The van der Waals surface area contributed by atoms with E-state index in [2.05, 4.69) is 0 Å². The van der Waals surface area contributed by atoms with Crippen molar-refractivity contribution in [2.45, 2.75) is 20.3 Å². The second-order valence-electron chi connectivity index (χ2n) is 5.94. The van der Waals surface area contributed by atoms with E-state index in [0.29, 0.717) is 17.9 Å². The fourth-order valence-corrected chi connectivity index (χ4v) is 2.83. The van der Waals surface area contributed by atoms with Crippen molar-refractivity contribution in [2.75, 3.05) is 6.61 Å². The molecule has 5 heteroatoms. The molecule has 0 saturated carbocycles. The van der Waals surface area contributed by atoms with Crippen LogP contribution in [0.5, 0.6) is 17.2 Å². The number of allylic oxidation sites excluding steroid dienone is 2. The molecule has 0 radical (unpaired) electrons. The molecule has 5 nitrogen and oxygen atoms in total. The van der Waals surface area contributed by atoms with E-state index in [1.807, 2.05) is 6.92 Å². The summed E-state index contributed by atoms with van der Waals surface area (Å²) in [5.74, 6) is -0.893. The predicted molar refractivity (Wildman–Crippen MR) is 93.4 cm³/mol. The van der Waals surface area contributed by atoms with Gasteiger partial charge < -0.3 is 14.9 Å². The highest BCUT2D eigenvalue weighted by molar-refractivity contribution is 6.27. The Balaban J connectivity index is 2.09. The second kappa shape index (κ2) is 6.43. The molecule has 0 amide bonds. The summed E-state index contributed by atoms with van der Waals surface area (Å²) in [6, 6.07) is 8.25. The van der Waals surface area contributed by atoms with Crippen molar-refractivity contribution in [2.24, 2.45) is 0 Å². The van der Waals surface area contributed by atoms with E-state index in [-0.39, 0.29) is 33.8 Å². The minimum Gasteiger partial charge on any atom is -0.507 e. The summed E-state index contributed by atoms with van der Waals surface area (Å²) in [4.78, 5) is 24.5. The number of carbonyl (C=O) groups is 2. The van der Waals surface area contributed by atoms with E-state index in [4.69, 9.17) is 4.74 Å². The van der Waals surface area contributed by atoms with Crippen LogP contribution in [-0.2, 0) is 0 Å². The number of carbonyl (C=O) groups excluding carboxylic acids is 2. The molecule has 0 aromatic heterocycles. The number of Topliss-reactive ketones (excluding diaryl/α,β-unsaturated/α-hetero) is 1. The molecule has 25 heavy (non-hydrogen) atoms. The number of fused-ring (bicyclic) bond motifs is 1. The first-order valence-electron chi connectivity index (χ1n) is 8.03. The van der Waals surface area contributed by atoms with Crippen molar-refractivity contribution in [1.29, 1.82) is 0 Å². The smallest absolute Gasteiger partial charge is 0.193 e. The van der Waals surface area contributed by atoms with Gasteiger partial charge in [-0.25, -0.2) is 0 Å². The number of aromatic hydroxyl groups is 2. The zero-order valence-corrected chi connectivity index (χ0v) is 14.0. The Morgan fingerprint density at radius 2 is 1.72 bits per heavy atom. The summed E-state index contributed by atoms with van der Waals surface area (Å²) in [5.41, 5.74) is 0.821. The van der Waals surface area contributed by atoms with E-state index in [0.717, 1.165) is 6.42 Å². The van der Waals surface area contributed by atoms with Crippen LogP contribution in [0.3, 0.4) is 0 Å². The number of benzene rings is 2. The molecule has 2 aromatic rings. The van der Waals surface area contributed by atoms with Crippen LogP contribution < -0.4 is 4.74 Å². The first kappa shape index (κ1) is 16.8. The summed E-state index contributed by atoms with van der Waals surface area (Å²) < 4.78 is 5.52. The number of ketones is 2. The Labute approximate surface area is 145 Å². The van der Waals surface area contributed by atoms with E-state index in [1.165, 1.54) is 19.1 Å². The minimum absolute atomic E-state index is 0.144. The molecule has 2 aromatic carbocycles. The van der Waals surface area contributed by atoms with Crippen LogP contribution in [0.2, 0.25) is 0 Å². The maximum atomic E-state index is 12.3. The van der Waals surface area contributed by atoms with Crippen LogP contribution in [0.25, 0.3) is 11.1 Å². The zero-order valence-electron chi connectivity index (χ0n) is 14.0. The third-order valence-corrected chi connectivity index (χ3v) is 4.10. The molecular weight excluding hydrogens is 320 g/mol. The summed E-state index contributed by atoms with van der Waals surface area (Å²) in [6.07, 6.45) is 2.07. The van der Waals surface area contributed by atoms with Crippen LogP contribution >= 0.6 is 0 Å². The van der Waals surface area contributed by atoms with E-state index in [1.54, 1.807) is 24.3 Å². The number of hydrogen-bond acceptors (Lipinski definition) is 5. The van der Waals surface area contributed by atoms with Crippen molar-refractivity contribution in [3.63, 3.8) is 0 Å². The van der Waals surface area contributed by atoms with Crippen LogP contribution in [0, 0.1) is 0 Å². The molecule has 0 spiro atoms. The monoisotopic (exact) mass is 338 g/mol. The Hall–Kier alpha value is -3.08. The van der Waals surface area contributed by atoms with Gasteiger partial charge in [-0.2, -0.15) is 0 Å². The molecule has 128 valence electrons. The third kappa shape index (κ3) is 2.89. The predicted octanol–water partition coefficient (Wildman–Crippen LogP) is 3.88. The fourth-order valence-electron chi connectivity index (χ4n) is 2.83. The van der Waals surface area contributed by atoms with E-state index >= 15 is 0 Å². The van der Waals surface area contributed by atoms with Gasteiger partial charge in [0, 0.05) is 11.1 Å². The van der Waals surface area contributed by atoms with Crippen LogP contribution in [0.4, 0.5) is 0 Å².